The van der Waals surface area contributed by atoms with Crippen LogP contribution < -0.4 is 5.32 Å². The summed E-state index contributed by atoms with van der Waals surface area (Å²) in [4.78, 5) is 16.1. The minimum Gasteiger partial charge on any atom is -0.322 e. The number of aryl methyl sites for hydroxylation is 1. The molecule has 1 amide bonds. The lowest BCUT2D eigenvalue weighted by molar-refractivity contribution is -0.111. The fourth-order valence-corrected chi connectivity index (χ4v) is 2.27. The van der Waals surface area contributed by atoms with E-state index in [1.807, 2.05) is 66.2 Å². The summed E-state index contributed by atoms with van der Waals surface area (Å²) in [6, 6.07) is 15.6. The van der Waals surface area contributed by atoms with Gasteiger partial charge in [-0.2, -0.15) is 0 Å². The van der Waals surface area contributed by atoms with Gasteiger partial charge in [0.1, 0.15) is 0 Å². The molecule has 0 bridgehead atoms. The highest BCUT2D eigenvalue weighted by atomic mass is 16.1. The zero-order chi connectivity index (χ0) is 16.1. The van der Waals surface area contributed by atoms with E-state index >= 15 is 0 Å². The number of rotatable bonds is 4. The summed E-state index contributed by atoms with van der Waals surface area (Å²) in [5, 5.41) is 2.90. The summed E-state index contributed by atoms with van der Waals surface area (Å²) in [5.74, 6) is -0.146. The van der Waals surface area contributed by atoms with Gasteiger partial charge in [0.25, 0.3) is 0 Å². The molecular formula is C19H17N3O. The Hall–Kier alpha value is -3.14. The average molecular weight is 303 g/mol. The third-order valence-corrected chi connectivity index (χ3v) is 3.50. The highest BCUT2D eigenvalue weighted by Crippen LogP contribution is 2.19. The van der Waals surface area contributed by atoms with Crippen LogP contribution in [0, 0.1) is 6.92 Å². The van der Waals surface area contributed by atoms with Crippen LogP contribution in [0.25, 0.3) is 11.8 Å². The number of carbonyl (C=O) groups excluding carboxylic acids is 1. The molecule has 0 fully saturated rings. The van der Waals surface area contributed by atoms with Crippen LogP contribution in [0.4, 0.5) is 5.69 Å². The second-order valence-electron chi connectivity index (χ2n) is 5.20. The van der Waals surface area contributed by atoms with Gasteiger partial charge >= 0.3 is 0 Å². The molecular weight excluding hydrogens is 286 g/mol. The molecule has 0 spiro atoms. The summed E-state index contributed by atoms with van der Waals surface area (Å²) < 4.78 is 1.92. The Balaban J connectivity index is 1.70. The number of anilines is 1. The predicted molar refractivity (Wildman–Crippen MR) is 92.4 cm³/mol. The summed E-state index contributed by atoms with van der Waals surface area (Å²) in [6.07, 6.45) is 8.70. The number of imidazole rings is 1. The fraction of sp³-hybridized carbons (Fsp3) is 0.0526. The van der Waals surface area contributed by atoms with Gasteiger partial charge < -0.3 is 9.88 Å². The molecule has 0 aliphatic carbocycles. The van der Waals surface area contributed by atoms with E-state index in [0.29, 0.717) is 0 Å². The smallest absolute Gasteiger partial charge is 0.248 e. The monoisotopic (exact) mass is 303 g/mol. The Bertz CT molecular complexity index is 821. The summed E-state index contributed by atoms with van der Waals surface area (Å²) >= 11 is 0. The van der Waals surface area contributed by atoms with Gasteiger partial charge in [-0.3, -0.25) is 4.79 Å². The molecule has 1 aromatic heterocycles. The lowest BCUT2D eigenvalue weighted by atomic mass is 10.1. The molecule has 1 N–H and O–H groups in total. The molecule has 114 valence electrons. The molecule has 0 radical (unpaired) electrons. The van der Waals surface area contributed by atoms with E-state index in [-0.39, 0.29) is 5.91 Å². The molecule has 0 saturated carbocycles. The number of hydrogen-bond acceptors (Lipinski definition) is 2. The van der Waals surface area contributed by atoms with Crippen molar-refractivity contribution in [3.05, 3.63) is 84.5 Å². The van der Waals surface area contributed by atoms with Gasteiger partial charge in [0.15, 0.2) is 0 Å². The van der Waals surface area contributed by atoms with Crippen LogP contribution in [-0.4, -0.2) is 15.5 Å². The molecule has 3 rings (SSSR count). The average Bonchev–Trinajstić information content (AvgIpc) is 3.10. The van der Waals surface area contributed by atoms with Crippen LogP contribution in [0.1, 0.15) is 11.1 Å². The van der Waals surface area contributed by atoms with Crippen LogP contribution in [-0.2, 0) is 4.79 Å². The van der Waals surface area contributed by atoms with Gasteiger partial charge in [-0.25, -0.2) is 4.98 Å². The Labute approximate surface area is 135 Å². The zero-order valence-corrected chi connectivity index (χ0v) is 12.8. The number of aromatic nitrogens is 2. The lowest BCUT2D eigenvalue weighted by Crippen LogP contribution is -2.09. The molecule has 0 unspecified atom stereocenters. The Morgan fingerprint density at radius 2 is 2.00 bits per heavy atom. The minimum absolute atomic E-state index is 0.146. The van der Waals surface area contributed by atoms with E-state index in [1.54, 1.807) is 24.7 Å². The maximum atomic E-state index is 12.0. The molecule has 3 aromatic rings. The standard InChI is InChI=1S/C19H17N3O/c1-15-13-17(22-12-11-20-14-22)8-9-18(15)21-19(23)10-7-16-5-3-2-4-6-16/h2-14H,1H3,(H,21,23)/b10-7+. The van der Waals surface area contributed by atoms with Crippen molar-refractivity contribution < 1.29 is 4.79 Å². The minimum atomic E-state index is -0.146. The van der Waals surface area contributed by atoms with Crippen molar-refractivity contribution in [2.24, 2.45) is 0 Å². The number of nitrogens with one attached hydrogen (secondary N) is 1. The van der Waals surface area contributed by atoms with Crippen LogP contribution >= 0.6 is 0 Å². The second-order valence-corrected chi connectivity index (χ2v) is 5.20. The van der Waals surface area contributed by atoms with E-state index in [2.05, 4.69) is 10.3 Å². The van der Waals surface area contributed by atoms with E-state index in [0.717, 1.165) is 22.5 Å². The van der Waals surface area contributed by atoms with Gasteiger partial charge in [-0.05, 0) is 42.3 Å². The van der Waals surface area contributed by atoms with Crippen LogP contribution in [0.3, 0.4) is 0 Å². The number of nitrogens with zero attached hydrogens (tertiary/aromatic N) is 2. The Morgan fingerprint density at radius 1 is 1.17 bits per heavy atom. The van der Waals surface area contributed by atoms with Crippen molar-refractivity contribution in [3.8, 4) is 5.69 Å². The molecule has 2 aromatic carbocycles. The van der Waals surface area contributed by atoms with Crippen molar-refractivity contribution in [3.63, 3.8) is 0 Å². The maximum Gasteiger partial charge on any atom is 0.248 e. The van der Waals surface area contributed by atoms with E-state index < -0.39 is 0 Å². The zero-order valence-electron chi connectivity index (χ0n) is 12.8. The van der Waals surface area contributed by atoms with E-state index in [4.69, 9.17) is 0 Å². The maximum absolute atomic E-state index is 12.0. The highest BCUT2D eigenvalue weighted by Gasteiger charge is 2.04. The van der Waals surface area contributed by atoms with Gasteiger partial charge in [0.05, 0.1) is 6.33 Å². The Morgan fingerprint density at radius 3 is 2.70 bits per heavy atom. The van der Waals surface area contributed by atoms with Crippen LogP contribution in [0.2, 0.25) is 0 Å². The predicted octanol–water partition coefficient (Wildman–Crippen LogP) is 3.83. The topological polar surface area (TPSA) is 46.9 Å². The van der Waals surface area contributed by atoms with Crippen molar-refractivity contribution in [2.75, 3.05) is 5.32 Å². The van der Waals surface area contributed by atoms with Crippen molar-refractivity contribution >= 4 is 17.7 Å². The van der Waals surface area contributed by atoms with Crippen molar-refractivity contribution in [1.82, 2.24) is 9.55 Å². The molecule has 1 heterocycles. The van der Waals surface area contributed by atoms with Crippen molar-refractivity contribution in [2.45, 2.75) is 6.92 Å². The van der Waals surface area contributed by atoms with Crippen LogP contribution in [0.5, 0.6) is 0 Å². The van der Waals surface area contributed by atoms with Crippen molar-refractivity contribution in [1.29, 1.82) is 0 Å². The van der Waals surface area contributed by atoms with Crippen LogP contribution in [0.15, 0.2) is 73.3 Å². The second kappa shape index (κ2) is 6.75. The molecule has 0 aliphatic heterocycles. The molecule has 23 heavy (non-hydrogen) atoms. The van der Waals surface area contributed by atoms with Gasteiger partial charge in [-0.1, -0.05) is 30.3 Å². The summed E-state index contributed by atoms with van der Waals surface area (Å²) in [5.41, 5.74) is 3.81. The van der Waals surface area contributed by atoms with E-state index in [1.165, 1.54) is 0 Å². The number of carbonyl (C=O) groups is 1. The van der Waals surface area contributed by atoms with Gasteiger partial charge in [0, 0.05) is 29.8 Å². The normalized spacial score (nSPS) is 10.8. The molecule has 0 atom stereocenters. The van der Waals surface area contributed by atoms with Gasteiger partial charge in [-0.15, -0.1) is 0 Å². The molecule has 4 nitrogen and oxygen atoms in total. The number of hydrogen-bond donors (Lipinski definition) is 1. The summed E-state index contributed by atoms with van der Waals surface area (Å²) in [6.45, 7) is 1.97. The summed E-state index contributed by atoms with van der Waals surface area (Å²) in [7, 11) is 0. The van der Waals surface area contributed by atoms with Gasteiger partial charge in [0.2, 0.25) is 5.91 Å². The largest absolute Gasteiger partial charge is 0.322 e. The fourth-order valence-electron chi connectivity index (χ4n) is 2.27. The third kappa shape index (κ3) is 3.74. The number of benzene rings is 2. The first-order valence-corrected chi connectivity index (χ1v) is 7.35. The highest BCUT2D eigenvalue weighted by molar-refractivity contribution is 6.02. The lowest BCUT2D eigenvalue weighted by Gasteiger charge is -2.09. The molecule has 4 heteroatoms. The van der Waals surface area contributed by atoms with E-state index in [9.17, 15) is 4.79 Å². The first-order chi connectivity index (χ1) is 11.2. The SMILES string of the molecule is Cc1cc(-n2ccnc2)ccc1NC(=O)/C=C/c1ccccc1. The molecule has 0 aliphatic rings. The number of amides is 1. The first-order valence-electron chi connectivity index (χ1n) is 7.35. The first kappa shape index (κ1) is 14.8. The Kier molecular flexibility index (Phi) is 4.34. The third-order valence-electron chi connectivity index (χ3n) is 3.50. The molecule has 0 saturated heterocycles. The quantitative estimate of drug-likeness (QED) is 0.745.